The van der Waals surface area contributed by atoms with E-state index >= 15 is 0 Å². The van der Waals surface area contributed by atoms with E-state index in [2.05, 4.69) is 0 Å². The summed E-state index contributed by atoms with van der Waals surface area (Å²) in [6, 6.07) is 3.92. The highest BCUT2D eigenvalue weighted by Crippen LogP contribution is 2.59. The predicted octanol–water partition coefficient (Wildman–Crippen LogP) is 2.08. The largest absolute Gasteiger partial charge is 0.481 e. The van der Waals surface area contributed by atoms with Crippen molar-refractivity contribution >= 4 is 23.2 Å². The van der Waals surface area contributed by atoms with Crippen molar-refractivity contribution < 1.29 is 19.4 Å². The Balaban J connectivity index is 2.09. The normalized spacial score (nSPS) is 22.8. The summed E-state index contributed by atoms with van der Waals surface area (Å²) in [7, 11) is 1.59. The van der Waals surface area contributed by atoms with E-state index in [0.717, 1.165) is 4.88 Å². The molecule has 2 rings (SSSR count). The van der Waals surface area contributed by atoms with E-state index in [4.69, 9.17) is 4.74 Å². The topological polar surface area (TPSA) is 66.8 Å². The number of ether oxygens (including phenoxy) is 1. The van der Waals surface area contributed by atoms with Crippen molar-refractivity contribution in [3.05, 3.63) is 22.4 Å². The van der Waals surface area contributed by atoms with Gasteiger partial charge < -0.3 is 14.7 Å². The number of methoxy groups -OCH3 is 1. The summed E-state index contributed by atoms with van der Waals surface area (Å²) in [6.45, 7) is 5.12. The highest BCUT2D eigenvalue weighted by Gasteiger charge is 2.66. The minimum absolute atomic E-state index is 0.0853. The molecular formula is C15H21NO4S. The van der Waals surface area contributed by atoms with E-state index in [-0.39, 0.29) is 5.91 Å². The number of thiophene rings is 1. The Morgan fingerprint density at radius 2 is 2.14 bits per heavy atom. The van der Waals surface area contributed by atoms with E-state index < -0.39 is 23.2 Å². The number of carbonyl (C=O) groups excluding carboxylic acids is 1. The molecule has 1 heterocycles. The molecular weight excluding hydrogens is 290 g/mol. The van der Waals surface area contributed by atoms with E-state index in [1.165, 1.54) is 0 Å². The molecule has 6 heteroatoms. The second-order valence-corrected chi connectivity index (χ2v) is 6.98. The molecule has 1 amide bonds. The van der Waals surface area contributed by atoms with Gasteiger partial charge in [-0.3, -0.25) is 9.59 Å². The smallest absolute Gasteiger partial charge is 0.307 e. The molecule has 0 bridgehead atoms. The molecule has 0 spiro atoms. The van der Waals surface area contributed by atoms with E-state index in [0.29, 0.717) is 19.7 Å². The van der Waals surface area contributed by atoms with Gasteiger partial charge in [0.1, 0.15) is 0 Å². The van der Waals surface area contributed by atoms with E-state index in [9.17, 15) is 14.7 Å². The second-order valence-electron chi connectivity index (χ2n) is 5.95. The Morgan fingerprint density at radius 3 is 2.62 bits per heavy atom. The molecule has 0 aliphatic heterocycles. The van der Waals surface area contributed by atoms with Gasteiger partial charge in [-0.1, -0.05) is 19.9 Å². The Morgan fingerprint density at radius 1 is 1.43 bits per heavy atom. The number of carboxylic acid groups (broad SMARTS) is 1. The van der Waals surface area contributed by atoms with Gasteiger partial charge in [0.25, 0.3) is 0 Å². The average molecular weight is 311 g/mol. The van der Waals surface area contributed by atoms with Gasteiger partial charge >= 0.3 is 5.97 Å². The van der Waals surface area contributed by atoms with Crippen LogP contribution in [0.3, 0.4) is 0 Å². The Bertz CT molecular complexity index is 512. The molecule has 1 saturated carbocycles. The zero-order valence-electron chi connectivity index (χ0n) is 12.5. The van der Waals surface area contributed by atoms with Crippen molar-refractivity contribution in [2.45, 2.75) is 20.4 Å². The van der Waals surface area contributed by atoms with Crippen LogP contribution in [0.2, 0.25) is 0 Å². The third kappa shape index (κ3) is 3.27. The fraction of sp³-hybridized carbons (Fsp3) is 0.600. The summed E-state index contributed by atoms with van der Waals surface area (Å²) in [5.74, 6) is -2.00. The minimum atomic E-state index is -0.888. The molecule has 1 aliphatic carbocycles. The number of carboxylic acids is 1. The van der Waals surface area contributed by atoms with Crippen LogP contribution in [-0.4, -0.2) is 42.1 Å². The van der Waals surface area contributed by atoms with Crippen LogP contribution in [0, 0.1) is 17.3 Å². The lowest BCUT2D eigenvalue weighted by atomic mass is 10.1. The summed E-state index contributed by atoms with van der Waals surface area (Å²) < 4.78 is 5.06. The quantitative estimate of drug-likeness (QED) is 0.837. The third-order valence-electron chi connectivity index (χ3n) is 4.16. The Hall–Kier alpha value is -1.40. The number of amides is 1. The minimum Gasteiger partial charge on any atom is -0.481 e. The first-order chi connectivity index (χ1) is 9.89. The number of rotatable bonds is 7. The van der Waals surface area contributed by atoms with Gasteiger partial charge in [0.2, 0.25) is 5.91 Å². The number of hydrogen-bond acceptors (Lipinski definition) is 4. The van der Waals surface area contributed by atoms with Crippen LogP contribution in [0.4, 0.5) is 0 Å². The summed E-state index contributed by atoms with van der Waals surface area (Å²) in [6.07, 6.45) is 0. The van der Waals surface area contributed by atoms with Crippen LogP contribution < -0.4 is 0 Å². The lowest BCUT2D eigenvalue weighted by Crippen LogP contribution is -2.35. The zero-order valence-corrected chi connectivity index (χ0v) is 13.4. The van der Waals surface area contributed by atoms with Gasteiger partial charge in [0, 0.05) is 18.5 Å². The highest BCUT2D eigenvalue weighted by molar-refractivity contribution is 7.09. The molecule has 0 aromatic carbocycles. The molecule has 1 fully saturated rings. The van der Waals surface area contributed by atoms with Gasteiger partial charge in [0.15, 0.2) is 0 Å². The maximum absolute atomic E-state index is 12.7. The third-order valence-corrected chi connectivity index (χ3v) is 5.02. The second kappa shape index (κ2) is 6.15. The van der Waals surface area contributed by atoms with Crippen LogP contribution in [0.15, 0.2) is 17.5 Å². The van der Waals surface area contributed by atoms with Crippen LogP contribution in [0.5, 0.6) is 0 Å². The van der Waals surface area contributed by atoms with Gasteiger partial charge in [-0.25, -0.2) is 0 Å². The van der Waals surface area contributed by atoms with Gasteiger partial charge in [-0.15, -0.1) is 11.3 Å². The fourth-order valence-corrected chi connectivity index (χ4v) is 3.53. The number of aliphatic carboxylic acids is 1. The monoisotopic (exact) mass is 311 g/mol. The molecule has 1 aromatic heterocycles. The molecule has 0 saturated heterocycles. The Labute approximate surface area is 128 Å². The van der Waals surface area contributed by atoms with Crippen LogP contribution >= 0.6 is 11.3 Å². The Kier molecular flexibility index (Phi) is 4.68. The first-order valence-corrected chi connectivity index (χ1v) is 7.80. The van der Waals surface area contributed by atoms with Crippen LogP contribution in [0.25, 0.3) is 0 Å². The van der Waals surface area contributed by atoms with E-state index in [1.807, 2.05) is 31.4 Å². The molecule has 21 heavy (non-hydrogen) atoms. The SMILES string of the molecule is COCCN(Cc1cccs1)C(=O)C1C(C(=O)O)C1(C)C. The van der Waals surface area contributed by atoms with Crippen LogP contribution in [-0.2, 0) is 20.9 Å². The maximum atomic E-state index is 12.7. The van der Waals surface area contributed by atoms with Crippen molar-refractivity contribution in [3.63, 3.8) is 0 Å². The molecule has 2 unspecified atom stereocenters. The zero-order chi connectivity index (χ0) is 15.6. The number of nitrogens with zero attached hydrogens (tertiary/aromatic N) is 1. The summed E-state index contributed by atoms with van der Waals surface area (Å²) in [5.41, 5.74) is -0.469. The summed E-state index contributed by atoms with van der Waals surface area (Å²) in [4.78, 5) is 26.7. The number of hydrogen-bond donors (Lipinski definition) is 1. The number of carbonyl (C=O) groups is 2. The highest BCUT2D eigenvalue weighted by atomic mass is 32.1. The van der Waals surface area contributed by atoms with Crippen molar-refractivity contribution in [3.8, 4) is 0 Å². The molecule has 116 valence electrons. The standard InChI is InChI=1S/C15H21NO4S/c1-15(2)11(12(15)14(18)19)13(17)16(6-7-20-3)9-10-5-4-8-21-10/h4-5,8,11-12H,6-7,9H2,1-3H3,(H,18,19). The van der Waals surface area contributed by atoms with Crippen LogP contribution in [0.1, 0.15) is 18.7 Å². The molecule has 5 nitrogen and oxygen atoms in total. The summed E-state index contributed by atoms with van der Waals surface area (Å²) in [5, 5.41) is 11.2. The molecule has 0 radical (unpaired) electrons. The first kappa shape index (κ1) is 16.0. The van der Waals surface area contributed by atoms with E-state index in [1.54, 1.807) is 23.3 Å². The maximum Gasteiger partial charge on any atom is 0.307 e. The lowest BCUT2D eigenvalue weighted by molar-refractivity contribution is -0.142. The van der Waals surface area contributed by atoms with Crippen molar-refractivity contribution in [1.82, 2.24) is 4.90 Å². The predicted molar refractivity (Wildman–Crippen MR) is 80.0 cm³/mol. The molecule has 1 aliphatic rings. The van der Waals surface area contributed by atoms with Crippen molar-refractivity contribution in [1.29, 1.82) is 0 Å². The molecule has 1 N–H and O–H groups in total. The van der Waals surface area contributed by atoms with Gasteiger partial charge in [-0.2, -0.15) is 0 Å². The van der Waals surface area contributed by atoms with Crippen molar-refractivity contribution in [2.75, 3.05) is 20.3 Å². The fourth-order valence-electron chi connectivity index (χ4n) is 2.82. The van der Waals surface area contributed by atoms with Gasteiger partial charge in [0.05, 0.1) is 25.0 Å². The van der Waals surface area contributed by atoms with Crippen molar-refractivity contribution in [2.24, 2.45) is 17.3 Å². The first-order valence-electron chi connectivity index (χ1n) is 6.92. The molecule has 1 aromatic rings. The summed E-state index contributed by atoms with van der Waals surface area (Å²) >= 11 is 1.59. The average Bonchev–Trinajstić information content (AvgIpc) is 2.77. The molecule has 2 atom stereocenters. The lowest BCUT2D eigenvalue weighted by Gasteiger charge is -2.22. The van der Waals surface area contributed by atoms with Gasteiger partial charge in [-0.05, 0) is 16.9 Å².